The first kappa shape index (κ1) is 53.9. The number of nitrogens with zero attached hydrogens (tertiary/aromatic N) is 1. The molecule has 0 saturated carbocycles. The maximum atomic E-state index is 12.7. The molecule has 1 aliphatic heterocycles. The second-order valence-electron chi connectivity index (χ2n) is 15.7. The molecule has 1 heterocycles. The summed E-state index contributed by atoms with van der Waals surface area (Å²) < 4.78 is 39.9. The highest BCUT2D eigenvalue weighted by atomic mass is 31.2. The van der Waals surface area contributed by atoms with Crippen molar-refractivity contribution in [2.45, 2.75) is 148 Å². The summed E-state index contributed by atoms with van der Waals surface area (Å²) in [4.78, 5) is 35.4. The van der Waals surface area contributed by atoms with E-state index in [4.69, 9.17) is 23.3 Å². The van der Waals surface area contributed by atoms with Crippen molar-refractivity contribution in [3.8, 4) is 0 Å². The van der Waals surface area contributed by atoms with E-state index in [0.29, 0.717) is 42.5 Å². The average Bonchev–Trinajstić information content (AvgIpc) is 3.94. The summed E-state index contributed by atoms with van der Waals surface area (Å²) >= 11 is 0. The number of quaternary nitrogens is 1. The summed E-state index contributed by atoms with van der Waals surface area (Å²) in [5, 5.41) is 0. The quantitative estimate of drug-likeness (QED) is 0.0163. The minimum absolute atomic E-state index is 0.00443. The first-order chi connectivity index (χ1) is 28.5. The van der Waals surface area contributed by atoms with E-state index in [2.05, 4.69) is 98.9 Å². The van der Waals surface area contributed by atoms with Crippen LogP contribution in [0, 0.1) is 0 Å². The Morgan fingerprint density at radius 3 is 1.64 bits per heavy atom. The number of carbonyl (C=O) groups excluding carboxylic acids is 2. The van der Waals surface area contributed by atoms with Gasteiger partial charge in [0.1, 0.15) is 19.8 Å². The van der Waals surface area contributed by atoms with Crippen molar-refractivity contribution in [1.82, 2.24) is 0 Å². The summed E-state index contributed by atoms with van der Waals surface area (Å²) in [5.74, 6) is -0.950. The lowest BCUT2D eigenvalue weighted by molar-refractivity contribution is -0.870. The van der Waals surface area contributed by atoms with Crippen LogP contribution in [-0.4, -0.2) is 87.1 Å². The lowest BCUT2D eigenvalue weighted by atomic mass is 10.1. The van der Waals surface area contributed by atoms with Crippen LogP contribution in [0.15, 0.2) is 97.2 Å². The molecule has 4 atom stereocenters. The van der Waals surface area contributed by atoms with Gasteiger partial charge < -0.3 is 23.6 Å². The van der Waals surface area contributed by atoms with E-state index in [-0.39, 0.29) is 26.1 Å². The molecule has 1 aliphatic rings. The molecule has 1 rings (SSSR count). The van der Waals surface area contributed by atoms with Gasteiger partial charge in [0.15, 0.2) is 6.10 Å². The molecule has 0 aromatic carbocycles. The largest absolute Gasteiger partial charge is 0.472 e. The van der Waals surface area contributed by atoms with Gasteiger partial charge in [-0.1, -0.05) is 124 Å². The Morgan fingerprint density at radius 2 is 1.10 bits per heavy atom. The normalized spacial score (nSPS) is 17.9. The van der Waals surface area contributed by atoms with Crippen LogP contribution in [-0.2, 0) is 37.4 Å². The van der Waals surface area contributed by atoms with Crippen LogP contribution in [0.2, 0.25) is 0 Å². The van der Waals surface area contributed by atoms with Gasteiger partial charge in [-0.2, -0.15) is 0 Å². The van der Waals surface area contributed by atoms with Crippen LogP contribution in [0.3, 0.4) is 0 Å². The molecule has 3 unspecified atom stereocenters. The van der Waals surface area contributed by atoms with Crippen molar-refractivity contribution in [1.29, 1.82) is 0 Å². The third-order valence-electron chi connectivity index (χ3n) is 9.00. The number of unbranched alkanes of at least 4 members (excludes halogenated alkanes) is 5. The molecule has 0 radical (unpaired) electrons. The van der Waals surface area contributed by atoms with Crippen LogP contribution < -0.4 is 0 Å². The van der Waals surface area contributed by atoms with E-state index in [9.17, 15) is 19.0 Å². The molecule has 0 amide bonds. The van der Waals surface area contributed by atoms with Gasteiger partial charge in [-0.25, -0.2) is 4.57 Å². The molecule has 11 heteroatoms. The third kappa shape index (κ3) is 36.5. The number of esters is 2. The molecular formula is C48H79NO9P+. The third-order valence-corrected chi connectivity index (χ3v) is 9.98. The average molecular weight is 845 g/mol. The first-order valence-corrected chi connectivity index (χ1v) is 23.6. The molecule has 1 N–H and O–H groups in total. The fourth-order valence-electron chi connectivity index (χ4n) is 5.43. The van der Waals surface area contributed by atoms with E-state index in [1.165, 1.54) is 19.3 Å². The van der Waals surface area contributed by atoms with E-state index in [1.54, 1.807) is 0 Å². The summed E-state index contributed by atoms with van der Waals surface area (Å²) in [6.07, 6.45) is 49.3. The van der Waals surface area contributed by atoms with Gasteiger partial charge in [0, 0.05) is 12.8 Å². The van der Waals surface area contributed by atoms with Crippen molar-refractivity contribution in [2.24, 2.45) is 0 Å². The highest BCUT2D eigenvalue weighted by Gasteiger charge is 2.36. The summed E-state index contributed by atoms with van der Waals surface area (Å²) in [5.41, 5.74) is 0. The molecule has 1 fully saturated rings. The Kier molecular flexibility index (Phi) is 32.6. The lowest BCUT2D eigenvalue weighted by Gasteiger charge is -2.24. The number of ether oxygens (including phenoxy) is 3. The fraction of sp³-hybridized carbons (Fsp3) is 0.625. The number of likely N-dealkylation sites (N-methyl/N-ethyl adjacent to an activating group) is 1. The minimum Gasteiger partial charge on any atom is -0.462 e. The Bertz CT molecular complexity index is 1390. The lowest BCUT2D eigenvalue weighted by Crippen LogP contribution is -2.37. The first-order valence-electron chi connectivity index (χ1n) is 22.1. The number of rotatable bonds is 37. The molecule has 334 valence electrons. The van der Waals surface area contributed by atoms with E-state index in [0.717, 1.165) is 64.2 Å². The monoisotopic (exact) mass is 845 g/mol. The molecule has 10 nitrogen and oxygen atoms in total. The van der Waals surface area contributed by atoms with Gasteiger partial charge in [0.05, 0.1) is 40.0 Å². The Labute approximate surface area is 358 Å². The molecule has 59 heavy (non-hydrogen) atoms. The molecule has 0 spiro atoms. The van der Waals surface area contributed by atoms with Crippen LogP contribution in [0.1, 0.15) is 129 Å². The fourth-order valence-corrected chi connectivity index (χ4v) is 6.18. The molecule has 0 aromatic heterocycles. The maximum Gasteiger partial charge on any atom is 0.472 e. The smallest absolute Gasteiger partial charge is 0.462 e. The number of phosphoric ester groups is 1. The number of allylic oxidation sites excluding steroid dienone is 14. The minimum atomic E-state index is -4.41. The van der Waals surface area contributed by atoms with Crippen LogP contribution in [0.5, 0.6) is 0 Å². The van der Waals surface area contributed by atoms with Crippen molar-refractivity contribution in [2.75, 3.05) is 47.5 Å². The highest BCUT2D eigenvalue weighted by Crippen LogP contribution is 2.43. The molecule has 1 saturated heterocycles. The molecule has 0 aliphatic carbocycles. The molecule has 0 bridgehead atoms. The number of carbonyl (C=O) groups is 2. The Balaban J connectivity index is 2.38. The number of phosphoric acid groups is 1. The van der Waals surface area contributed by atoms with Crippen LogP contribution >= 0.6 is 7.82 Å². The molecule has 0 aromatic rings. The van der Waals surface area contributed by atoms with Crippen LogP contribution in [0.25, 0.3) is 0 Å². The Morgan fingerprint density at radius 1 is 0.627 bits per heavy atom. The second-order valence-corrected chi connectivity index (χ2v) is 17.2. The number of epoxide rings is 1. The van der Waals surface area contributed by atoms with Crippen molar-refractivity contribution < 1.29 is 46.8 Å². The van der Waals surface area contributed by atoms with E-state index < -0.39 is 32.5 Å². The van der Waals surface area contributed by atoms with Gasteiger partial charge in [0.2, 0.25) is 0 Å². The summed E-state index contributed by atoms with van der Waals surface area (Å²) in [6, 6.07) is 0. The van der Waals surface area contributed by atoms with E-state index in [1.807, 2.05) is 33.3 Å². The zero-order valence-corrected chi connectivity index (χ0v) is 38.0. The second kappa shape index (κ2) is 35.6. The van der Waals surface area contributed by atoms with Gasteiger partial charge in [-0.05, 0) is 89.9 Å². The number of hydrogen-bond donors (Lipinski definition) is 1. The zero-order valence-electron chi connectivity index (χ0n) is 37.1. The predicted octanol–water partition coefficient (Wildman–Crippen LogP) is 11.6. The standard InChI is InChI=1S/C48H78NO9P/c1-6-8-10-12-14-15-16-17-18-19-20-21-22-23-26-31-35-39-48(51)57-44(43-56-59(52,53)55-41-40-49(3,4)5)42-54-47(50)38-34-30-27-24-25-29-33-37-46-45(58-46)36-32-28-13-11-9-7-2/h8,10,14-15,17-18,20-21,23-24,26-29,32-33,44-46H,6-7,9,11-13,16,19,22,25,30-31,34-43H2,1-5H3/p+1/b10-8-,15-14-,18-17-,21-20-,26-23-,27-24-,32-28-,33-29-/t44-,45?,46?/m1/s1. The van der Waals surface area contributed by atoms with Crippen LogP contribution in [0.4, 0.5) is 0 Å². The molecular weight excluding hydrogens is 766 g/mol. The highest BCUT2D eigenvalue weighted by molar-refractivity contribution is 7.47. The van der Waals surface area contributed by atoms with Gasteiger partial charge >= 0.3 is 19.8 Å². The zero-order chi connectivity index (χ0) is 43.3. The number of hydrogen-bond acceptors (Lipinski definition) is 8. The van der Waals surface area contributed by atoms with Crippen molar-refractivity contribution in [3.63, 3.8) is 0 Å². The van der Waals surface area contributed by atoms with Gasteiger partial charge in [-0.15, -0.1) is 0 Å². The van der Waals surface area contributed by atoms with Crippen molar-refractivity contribution >= 4 is 19.8 Å². The summed E-state index contributed by atoms with van der Waals surface area (Å²) in [7, 11) is 1.38. The Hall–Kier alpha value is -3.11. The summed E-state index contributed by atoms with van der Waals surface area (Å²) in [6.45, 7) is 4.10. The van der Waals surface area contributed by atoms with E-state index >= 15 is 0 Å². The SMILES string of the molecule is CC/C=C\C/C=C\C/C=C\C/C=C\C/C=C\CCCC(=O)O[C@H](COC(=O)CCC/C=C\C/C=C\CC1OC1C/C=C\CCCCC)COP(=O)(O)OCC[N+](C)(C)C. The van der Waals surface area contributed by atoms with Crippen molar-refractivity contribution in [3.05, 3.63) is 97.2 Å². The topological polar surface area (TPSA) is 121 Å². The van der Waals surface area contributed by atoms with Gasteiger partial charge in [-0.3, -0.25) is 18.6 Å². The van der Waals surface area contributed by atoms with Gasteiger partial charge in [0.25, 0.3) is 0 Å². The predicted molar refractivity (Wildman–Crippen MR) is 242 cm³/mol. The maximum absolute atomic E-state index is 12.7.